The number of phenolic OH excluding ortho intramolecular Hbond substituents is 2. The minimum absolute atomic E-state index is 0.00106. The molecule has 0 atom stereocenters. The summed E-state index contributed by atoms with van der Waals surface area (Å²) in [5, 5.41) is 18.6. The van der Waals surface area contributed by atoms with Crippen LogP contribution in [0.25, 0.3) is 0 Å². The van der Waals surface area contributed by atoms with Gasteiger partial charge in [-0.25, -0.2) is 0 Å². The first-order valence-corrected chi connectivity index (χ1v) is 6.26. The van der Waals surface area contributed by atoms with Crippen molar-refractivity contribution in [2.45, 2.75) is 44.9 Å². The Morgan fingerprint density at radius 2 is 1.75 bits per heavy atom. The summed E-state index contributed by atoms with van der Waals surface area (Å²) in [6.07, 6.45) is 9.12. The molecule has 0 spiro atoms. The highest BCUT2D eigenvalue weighted by Gasteiger charge is 2.13. The van der Waals surface area contributed by atoms with E-state index >= 15 is 0 Å². The molecule has 1 saturated carbocycles. The lowest BCUT2D eigenvalue weighted by Gasteiger charge is -2.21. The van der Waals surface area contributed by atoms with E-state index < -0.39 is 0 Å². The number of rotatable bonds is 3. The molecule has 0 aliphatic heterocycles. The highest BCUT2D eigenvalue weighted by Crippen LogP contribution is 2.29. The second kappa shape index (κ2) is 5.24. The Morgan fingerprint density at radius 3 is 2.44 bits per heavy atom. The van der Waals surface area contributed by atoms with E-state index in [0.717, 1.165) is 17.9 Å². The Morgan fingerprint density at radius 1 is 1.00 bits per heavy atom. The highest BCUT2D eigenvalue weighted by molar-refractivity contribution is 5.40. The SMILES string of the molecule is Oc1ccc(CCC2CCCCC2)cc1O. The van der Waals surface area contributed by atoms with Crippen LogP contribution in [0, 0.1) is 5.92 Å². The number of aryl methyl sites for hydroxylation is 1. The molecule has 1 aliphatic rings. The molecule has 0 radical (unpaired) electrons. The summed E-state index contributed by atoms with van der Waals surface area (Å²) >= 11 is 0. The van der Waals surface area contributed by atoms with Gasteiger partial charge >= 0.3 is 0 Å². The van der Waals surface area contributed by atoms with Crippen molar-refractivity contribution in [3.63, 3.8) is 0 Å². The minimum Gasteiger partial charge on any atom is -0.504 e. The number of hydrogen-bond donors (Lipinski definition) is 2. The van der Waals surface area contributed by atoms with Crippen LogP contribution in [0.5, 0.6) is 11.5 Å². The maximum Gasteiger partial charge on any atom is 0.157 e. The van der Waals surface area contributed by atoms with Gasteiger partial charge in [0.25, 0.3) is 0 Å². The van der Waals surface area contributed by atoms with Crippen molar-refractivity contribution in [3.8, 4) is 11.5 Å². The molecule has 0 bridgehead atoms. The fourth-order valence-corrected chi connectivity index (χ4v) is 2.57. The van der Waals surface area contributed by atoms with Gasteiger partial charge in [0.1, 0.15) is 0 Å². The zero-order chi connectivity index (χ0) is 11.4. The highest BCUT2D eigenvalue weighted by atomic mass is 16.3. The van der Waals surface area contributed by atoms with Gasteiger partial charge in [-0.3, -0.25) is 0 Å². The predicted molar refractivity (Wildman–Crippen MR) is 64.7 cm³/mol. The van der Waals surface area contributed by atoms with Gasteiger partial charge in [-0.05, 0) is 36.5 Å². The number of aromatic hydroxyl groups is 2. The molecule has 1 aromatic carbocycles. The van der Waals surface area contributed by atoms with Crippen molar-refractivity contribution in [3.05, 3.63) is 23.8 Å². The first kappa shape index (κ1) is 11.3. The van der Waals surface area contributed by atoms with Gasteiger partial charge < -0.3 is 10.2 Å². The van der Waals surface area contributed by atoms with Crippen molar-refractivity contribution in [1.29, 1.82) is 0 Å². The van der Waals surface area contributed by atoms with E-state index in [0.29, 0.717) is 0 Å². The van der Waals surface area contributed by atoms with E-state index in [1.54, 1.807) is 12.1 Å². The first-order valence-electron chi connectivity index (χ1n) is 6.26. The van der Waals surface area contributed by atoms with Crippen LogP contribution in [0.1, 0.15) is 44.1 Å². The monoisotopic (exact) mass is 220 g/mol. The van der Waals surface area contributed by atoms with Gasteiger partial charge in [0.05, 0.1) is 0 Å². The number of phenols is 2. The first-order chi connectivity index (χ1) is 7.75. The van der Waals surface area contributed by atoms with Crippen molar-refractivity contribution < 1.29 is 10.2 Å². The summed E-state index contributed by atoms with van der Waals surface area (Å²) < 4.78 is 0. The molecule has 1 aliphatic carbocycles. The summed E-state index contributed by atoms with van der Waals surface area (Å²) in [6.45, 7) is 0. The Kier molecular flexibility index (Phi) is 3.70. The van der Waals surface area contributed by atoms with E-state index in [1.165, 1.54) is 38.5 Å². The predicted octanol–water partition coefficient (Wildman–Crippen LogP) is 3.61. The van der Waals surface area contributed by atoms with Gasteiger partial charge in [0.2, 0.25) is 0 Å². The zero-order valence-electron chi connectivity index (χ0n) is 9.65. The third kappa shape index (κ3) is 2.91. The average molecular weight is 220 g/mol. The summed E-state index contributed by atoms with van der Waals surface area (Å²) in [6, 6.07) is 5.15. The molecule has 2 nitrogen and oxygen atoms in total. The molecule has 1 aromatic rings. The van der Waals surface area contributed by atoms with Gasteiger partial charge in [-0.2, -0.15) is 0 Å². The normalized spacial score (nSPS) is 17.5. The average Bonchev–Trinajstić information content (AvgIpc) is 2.32. The molecule has 0 heterocycles. The van der Waals surface area contributed by atoms with E-state index in [4.69, 9.17) is 0 Å². The lowest BCUT2D eigenvalue weighted by Crippen LogP contribution is -2.07. The zero-order valence-corrected chi connectivity index (χ0v) is 9.65. The molecule has 16 heavy (non-hydrogen) atoms. The lowest BCUT2D eigenvalue weighted by molar-refractivity contribution is 0.339. The molecule has 0 saturated heterocycles. The van der Waals surface area contributed by atoms with Crippen LogP contribution in [0.3, 0.4) is 0 Å². The van der Waals surface area contributed by atoms with E-state index in [2.05, 4.69) is 0 Å². The maximum absolute atomic E-state index is 9.39. The fraction of sp³-hybridized carbons (Fsp3) is 0.571. The van der Waals surface area contributed by atoms with Crippen LogP contribution in [-0.2, 0) is 6.42 Å². The van der Waals surface area contributed by atoms with Crippen LogP contribution in [0.4, 0.5) is 0 Å². The molecule has 2 N–H and O–H groups in total. The van der Waals surface area contributed by atoms with Gasteiger partial charge in [0.15, 0.2) is 11.5 Å². The van der Waals surface area contributed by atoms with Gasteiger partial charge in [-0.1, -0.05) is 38.2 Å². The molecular formula is C14H20O2. The van der Waals surface area contributed by atoms with Crippen molar-refractivity contribution in [2.24, 2.45) is 5.92 Å². The van der Waals surface area contributed by atoms with Gasteiger partial charge in [0, 0.05) is 0 Å². The third-order valence-corrected chi connectivity index (χ3v) is 3.61. The Labute approximate surface area is 96.9 Å². The quantitative estimate of drug-likeness (QED) is 0.764. The second-order valence-corrected chi connectivity index (χ2v) is 4.87. The third-order valence-electron chi connectivity index (χ3n) is 3.61. The van der Waals surface area contributed by atoms with Crippen LogP contribution < -0.4 is 0 Å². The Hall–Kier alpha value is -1.18. The molecule has 0 unspecified atom stereocenters. The molecular weight excluding hydrogens is 200 g/mol. The summed E-state index contributed by atoms with van der Waals surface area (Å²) in [5.74, 6) is 0.840. The Balaban J connectivity index is 1.86. The van der Waals surface area contributed by atoms with Crippen molar-refractivity contribution in [2.75, 3.05) is 0 Å². The fourth-order valence-electron chi connectivity index (χ4n) is 2.57. The van der Waals surface area contributed by atoms with Crippen LogP contribution >= 0.6 is 0 Å². The van der Waals surface area contributed by atoms with Gasteiger partial charge in [-0.15, -0.1) is 0 Å². The summed E-state index contributed by atoms with van der Waals surface area (Å²) in [4.78, 5) is 0. The van der Waals surface area contributed by atoms with E-state index in [9.17, 15) is 10.2 Å². The van der Waals surface area contributed by atoms with E-state index in [1.807, 2.05) is 6.07 Å². The molecule has 2 rings (SSSR count). The van der Waals surface area contributed by atoms with Crippen LogP contribution in [0.2, 0.25) is 0 Å². The second-order valence-electron chi connectivity index (χ2n) is 4.87. The molecule has 2 heteroatoms. The molecule has 88 valence electrons. The number of hydrogen-bond acceptors (Lipinski definition) is 2. The largest absolute Gasteiger partial charge is 0.504 e. The smallest absolute Gasteiger partial charge is 0.157 e. The molecule has 0 amide bonds. The van der Waals surface area contributed by atoms with Crippen LogP contribution in [0.15, 0.2) is 18.2 Å². The minimum atomic E-state index is -0.0265. The van der Waals surface area contributed by atoms with E-state index in [-0.39, 0.29) is 11.5 Å². The Bertz CT molecular complexity index is 341. The lowest BCUT2D eigenvalue weighted by atomic mass is 9.85. The number of benzene rings is 1. The van der Waals surface area contributed by atoms with Crippen LogP contribution in [-0.4, -0.2) is 10.2 Å². The summed E-state index contributed by atoms with van der Waals surface area (Å²) in [7, 11) is 0. The topological polar surface area (TPSA) is 40.5 Å². The standard InChI is InChI=1S/C14H20O2/c15-13-9-8-12(10-14(13)16)7-6-11-4-2-1-3-5-11/h8-11,15-16H,1-7H2. The molecule has 1 fully saturated rings. The maximum atomic E-state index is 9.39. The molecule has 0 aromatic heterocycles. The van der Waals surface area contributed by atoms with Crippen molar-refractivity contribution in [1.82, 2.24) is 0 Å². The summed E-state index contributed by atoms with van der Waals surface area (Å²) in [5.41, 5.74) is 1.13. The van der Waals surface area contributed by atoms with Crippen molar-refractivity contribution >= 4 is 0 Å².